The molecule has 25 heavy (non-hydrogen) atoms. The maximum absolute atomic E-state index is 11.9. The molecule has 0 aliphatic rings. The van der Waals surface area contributed by atoms with E-state index in [0.717, 1.165) is 23.2 Å². The number of aromatic hydroxyl groups is 1. The minimum Gasteiger partial charge on any atom is -0.507 e. The number of aryl methyl sites for hydroxylation is 1. The van der Waals surface area contributed by atoms with Crippen molar-refractivity contribution in [2.45, 2.75) is 65.2 Å². The van der Waals surface area contributed by atoms with Gasteiger partial charge in [-0.3, -0.25) is 4.79 Å². The van der Waals surface area contributed by atoms with E-state index in [0.29, 0.717) is 25.2 Å². The van der Waals surface area contributed by atoms with Crippen LogP contribution >= 0.6 is 0 Å². The molecule has 1 aromatic rings. The number of likely N-dealkylation sites (N-methyl/N-ethyl adjacent to an activating group) is 1. The number of hydrogen-bond donors (Lipinski definition) is 2. The summed E-state index contributed by atoms with van der Waals surface area (Å²) < 4.78 is 5.28. The molecule has 142 valence electrons. The first kappa shape index (κ1) is 21.5. The van der Waals surface area contributed by atoms with Crippen LogP contribution in [0.25, 0.3) is 0 Å². The predicted molar refractivity (Wildman–Crippen MR) is 102 cm³/mol. The first-order valence-corrected chi connectivity index (χ1v) is 9.14. The first-order chi connectivity index (χ1) is 11.3. The van der Waals surface area contributed by atoms with Crippen LogP contribution in [0.1, 0.15) is 64.7 Å². The van der Waals surface area contributed by atoms with Gasteiger partial charge in [-0.2, -0.15) is 0 Å². The van der Waals surface area contributed by atoms with E-state index in [1.165, 1.54) is 4.90 Å². The number of rotatable bonds is 6. The highest BCUT2D eigenvalue weighted by Gasteiger charge is 2.26. The fourth-order valence-corrected chi connectivity index (χ4v) is 2.67. The predicted octanol–water partition coefficient (Wildman–Crippen LogP) is 2.61. The van der Waals surface area contributed by atoms with Gasteiger partial charge in [0.15, 0.2) is 0 Å². The third-order valence-electron chi connectivity index (χ3n) is 4.27. The summed E-state index contributed by atoms with van der Waals surface area (Å²) in [6.07, 6.45) is 0.987. The molecule has 0 unspecified atom stereocenters. The maximum Gasteiger partial charge on any atom is 0.306 e. The van der Waals surface area contributed by atoms with Gasteiger partial charge in [-0.1, -0.05) is 53.7 Å². The zero-order valence-corrected chi connectivity index (χ0v) is 17.2. The molecule has 2 N–H and O–H groups in total. The molecule has 0 saturated heterocycles. The van der Waals surface area contributed by atoms with Crippen LogP contribution in [0.3, 0.4) is 0 Å². The molecular formula is C21H36NO3+. The van der Waals surface area contributed by atoms with Crippen LogP contribution in [0.4, 0.5) is 0 Å². The van der Waals surface area contributed by atoms with Crippen molar-refractivity contribution in [2.75, 3.05) is 27.2 Å². The Morgan fingerprint density at radius 2 is 1.52 bits per heavy atom. The highest BCUT2D eigenvalue weighted by atomic mass is 16.5. The number of phenolic OH excluding ortho intramolecular Hbond substituents is 1. The van der Waals surface area contributed by atoms with Gasteiger partial charge in [0.1, 0.15) is 18.9 Å². The van der Waals surface area contributed by atoms with Crippen molar-refractivity contribution >= 4 is 5.97 Å². The van der Waals surface area contributed by atoms with Crippen LogP contribution in [0.15, 0.2) is 12.1 Å². The summed E-state index contributed by atoms with van der Waals surface area (Å²) >= 11 is 0. The third-order valence-corrected chi connectivity index (χ3v) is 4.27. The molecule has 0 aromatic heterocycles. The fourth-order valence-electron chi connectivity index (χ4n) is 2.67. The fraction of sp³-hybridized carbons (Fsp3) is 0.667. The normalized spacial score (nSPS) is 12.5. The molecule has 0 saturated carbocycles. The zero-order chi connectivity index (χ0) is 19.4. The van der Waals surface area contributed by atoms with E-state index >= 15 is 0 Å². The molecule has 0 atom stereocenters. The second kappa shape index (κ2) is 8.22. The Bertz CT molecular complexity index is 557. The molecule has 1 aromatic carbocycles. The van der Waals surface area contributed by atoms with Crippen LogP contribution in [-0.2, 0) is 26.8 Å². The molecule has 4 nitrogen and oxygen atoms in total. The molecule has 0 fully saturated rings. The van der Waals surface area contributed by atoms with Gasteiger partial charge in [0.2, 0.25) is 0 Å². The lowest BCUT2D eigenvalue weighted by Crippen LogP contribution is -3.06. The average molecular weight is 351 g/mol. The molecule has 0 spiro atoms. The highest BCUT2D eigenvalue weighted by Crippen LogP contribution is 2.39. The SMILES string of the molecule is C[NH+](C)CCOC(=O)CCc1cc(C(C)(C)C)c(O)c(C(C)(C)C)c1. The number of phenols is 1. The Morgan fingerprint density at radius 1 is 1.04 bits per heavy atom. The molecule has 0 radical (unpaired) electrons. The van der Waals surface area contributed by atoms with Gasteiger partial charge < -0.3 is 14.7 Å². The van der Waals surface area contributed by atoms with Crippen molar-refractivity contribution in [2.24, 2.45) is 0 Å². The number of ether oxygens (including phenoxy) is 1. The minimum absolute atomic E-state index is 0.158. The van der Waals surface area contributed by atoms with Crippen LogP contribution in [0.5, 0.6) is 5.75 Å². The monoisotopic (exact) mass is 350 g/mol. The minimum atomic E-state index is -0.163. The van der Waals surface area contributed by atoms with E-state index in [9.17, 15) is 9.90 Å². The highest BCUT2D eigenvalue weighted by molar-refractivity contribution is 5.69. The Labute approximate surface area is 153 Å². The largest absolute Gasteiger partial charge is 0.507 e. The van der Waals surface area contributed by atoms with Gasteiger partial charge in [0.25, 0.3) is 0 Å². The summed E-state index contributed by atoms with van der Waals surface area (Å²) in [5, 5.41) is 10.7. The summed E-state index contributed by atoms with van der Waals surface area (Å²) in [7, 11) is 4.07. The molecule has 1 rings (SSSR count). The second-order valence-corrected chi connectivity index (χ2v) is 9.22. The van der Waals surface area contributed by atoms with Gasteiger partial charge in [0, 0.05) is 6.42 Å². The van der Waals surface area contributed by atoms with Crippen LogP contribution in [0.2, 0.25) is 0 Å². The zero-order valence-electron chi connectivity index (χ0n) is 17.2. The van der Waals surface area contributed by atoms with Gasteiger partial charge in [0.05, 0.1) is 14.1 Å². The van der Waals surface area contributed by atoms with Gasteiger partial charge in [-0.25, -0.2) is 0 Å². The summed E-state index contributed by atoms with van der Waals surface area (Å²) in [4.78, 5) is 13.2. The maximum atomic E-state index is 11.9. The van der Waals surface area contributed by atoms with E-state index in [-0.39, 0.29) is 16.8 Å². The summed E-state index contributed by atoms with van der Waals surface area (Å²) in [5.41, 5.74) is 2.62. The molecule has 0 aliphatic heterocycles. The van der Waals surface area contributed by atoms with Crippen LogP contribution < -0.4 is 4.90 Å². The number of hydrogen-bond acceptors (Lipinski definition) is 3. The lowest BCUT2D eigenvalue weighted by Gasteiger charge is -2.28. The van der Waals surface area contributed by atoms with Crippen molar-refractivity contribution in [1.29, 1.82) is 0 Å². The van der Waals surface area contributed by atoms with Crippen molar-refractivity contribution in [1.82, 2.24) is 0 Å². The quantitative estimate of drug-likeness (QED) is 0.776. The molecule has 0 amide bonds. The molecular weight excluding hydrogens is 314 g/mol. The molecule has 0 bridgehead atoms. The van der Waals surface area contributed by atoms with E-state index in [1.54, 1.807) is 0 Å². The topological polar surface area (TPSA) is 51.0 Å². The van der Waals surface area contributed by atoms with Gasteiger partial charge >= 0.3 is 5.97 Å². The Balaban J connectivity index is 2.95. The second-order valence-electron chi connectivity index (χ2n) is 9.22. The van der Waals surface area contributed by atoms with E-state index in [4.69, 9.17) is 4.74 Å². The number of benzene rings is 1. The number of carbonyl (C=O) groups is 1. The number of quaternary nitrogens is 1. The van der Waals surface area contributed by atoms with Gasteiger partial charge in [-0.05, 0) is 33.9 Å². The van der Waals surface area contributed by atoms with Crippen molar-refractivity contribution < 1.29 is 19.5 Å². The third kappa shape index (κ3) is 6.69. The first-order valence-electron chi connectivity index (χ1n) is 9.14. The van der Waals surface area contributed by atoms with Crippen LogP contribution in [0, 0.1) is 0 Å². The molecule has 4 heteroatoms. The molecule has 0 aliphatic carbocycles. The Hall–Kier alpha value is -1.55. The Morgan fingerprint density at radius 3 is 1.92 bits per heavy atom. The number of nitrogens with one attached hydrogen (secondary N) is 1. The van der Waals surface area contributed by atoms with E-state index in [2.05, 4.69) is 41.5 Å². The number of esters is 1. The standard InChI is InChI=1S/C21H35NO3/c1-20(2,3)16-13-15(14-17(19(16)24)21(4,5)6)9-10-18(23)25-12-11-22(7)8/h13-14,24H,9-12H2,1-8H3/p+1. The summed E-state index contributed by atoms with van der Waals surface area (Å²) in [6, 6.07) is 4.06. The van der Waals surface area contributed by atoms with Crippen molar-refractivity contribution in [3.8, 4) is 5.75 Å². The number of carbonyl (C=O) groups excluding carboxylic acids is 1. The smallest absolute Gasteiger partial charge is 0.306 e. The van der Waals surface area contributed by atoms with Crippen molar-refractivity contribution in [3.05, 3.63) is 28.8 Å². The lowest BCUT2D eigenvalue weighted by molar-refractivity contribution is -0.858. The van der Waals surface area contributed by atoms with E-state index in [1.807, 2.05) is 26.2 Å². The van der Waals surface area contributed by atoms with Gasteiger partial charge in [-0.15, -0.1) is 0 Å². The van der Waals surface area contributed by atoms with Crippen LogP contribution in [-0.4, -0.2) is 38.3 Å². The van der Waals surface area contributed by atoms with E-state index < -0.39 is 0 Å². The molecule has 0 heterocycles. The summed E-state index contributed by atoms with van der Waals surface area (Å²) in [6.45, 7) is 13.8. The average Bonchev–Trinajstić information content (AvgIpc) is 2.43. The van der Waals surface area contributed by atoms with Crippen molar-refractivity contribution in [3.63, 3.8) is 0 Å². The Kier molecular flexibility index (Phi) is 7.07. The summed E-state index contributed by atoms with van der Waals surface area (Å²) in [5.74, 6) is 0.212. The lowest BCUT2D eigenvalue weighted by atomic mass is 9.78.